The van der Waals surface area contributed by atoms with Gasteiger partial charge in [0.1, 0.15) is 0 Å². The number of hydrogen-bond donors (Lipinski definition) is 1. The molecule has 0 aromatic heterocycles. The molecule has 0 atom stereocenters. The Labute approximate surface area is 91.1 Å². The summed E-state index contributed by atoms with van der Waals surface area (Å²) in [6.45, 7) is 9.91. The van der Waals surface area contributed by atoms with Crippen molar-refractivity contribution in [3.05, 3.63) is 0 Å². The molecule has 0 aliphatic carbocycles. The molecule has 0 aromatic carbocycles. The maximum Gasteiger partial charge on any atom is 0.0957 e. The molecule has 2 rings (SSSR count). The van der Waals surface area contributed by atoms with E-state index in [0.29, 0.717) is 0 Å². The first-order valence-corrected chi connectivity index (χ1v) is 5.62. The summed E-state index contributed by atoms with van der Waals surface area (Å²) >= 11 is 0. The van der Waals surface area contributed by atoms with E-state index in [1.165, 1.54) is 0 Å². The van der Waals surface area contributed by atoms with E-state index >= 15 is 0 Å². The quantitative estimate of drug-likeness (QED) is 0.688. The highest BCUT2D eigenvalue weighted by Gasteiger charge is 2.13. The lowest BCUT2D eigenvalue weighted by molar-refractivity contribution is 0.0331. The third kappa shape index (κ3) is 3.44. The molecule has 1 fully saturated rings. The van der Waals surface area contributed by atoms with E-state index < -0.39 is 0 Å². The minimum absolute atomic E-state index is 0.836. The fourth-order valence-corrected chi connectivity index (χ4v) is 1.80. The van der Waals surface area contributed by atoms with Gasteiger partial charge in [-0.3, -0.25) is 14.8 Å². The van der Waals surface area contributed by atoms with Crippen LogP contribution in [0, 0.1) is 0 Å². The van der Waals surface area contributed by atoms with Crippen LogP contribution >= 0.6 is 0 Å². The van der Waals surface area contributed by atoms with Crippen molar-refractivity contribution in [3.8, 4) is 0 Å². The zero-order valence-corrected chi connectivity index (χ0v) is 9.41. The third-order valence-corrected chi connectivity index (χ3v) is 2.90. The van der Waals surface area contributed by atoms with Gasteiger partial charge in [-0.25, -0.2) is 0 Å². The molecule has 15 heavy (non-hydrogen) atoms. The molecule has 0 aromatic rings. The summed E-state index contributed by atoms with van der Waals surface area (Å²) < 4.78 is 5.32. The first kappa shape index (κ1) is 10.9. The second kappa shape index (κ2) is 5.44. The molecule has 1 N–H and O–H groups in total. The average Bonchev–Trinajstić information content (AvgIpc) is 2.30. The summed E-state index contributed by atoms with van der Waals surface area (Å²) in [5, 5.41) is 3.25. The molecule has 0 bridgehead atoms. The predicted octanol–water partition coefficient (Wildman–Crippen LogP) is -0.443. The van der Waals surface area contributed by atoms with E-state index in [4.69, 9.17) is 4.74 Å². The van der Waals surface area contributed by atoms with E-state index in [2.05, 4.69) is 20.1 Å². The molecule has 5 nitrogen and oxygen atoms in total. The van der Waals surface area contributed by atoms with Gasteiger partial charge < -0.3 is 10.1 Å². The molecule has 5 heteroatoms. The topological polar surface area (TPSA) is 40.1 Å². The molecular formula is C10H20N4O. The molecule has 2 aliphatic heterocycles. The Morgan fingerprint density at radius 3 is 2.67 bits per heavy atom. The summed E-state index contributed by atoms with van der Waals surface area (Å²) in [6.07, 6.45) is 0. The van der Waals surface area contributed by atoms with E-state index in [1.54, 1.807) is 0 Å². The highest BCUT2D eigenvalue weighted by Crippen LogP contribution is 1.99. The molecule has 0 amide bonds. The first-order chi connectivity index (χ1) is 7.34. The Morgan fingerprint density at radius 1 is 1.27 bits per heavy atom. The van der Waals surface area contributed by atoms with Gasteiger partial charge in [-0.2, -0.15) is 0 Å². The van der Waals surface area contributed by atoms with Crippen molar-refractivity contribution < 1.29 is 4.74 Å². The van der Waals surface area contributed by atoms with Crippen molar-refractivity contribution in [2.45, 2.75) is 6.92 Å². The lowest BCUT2D eigenvalue weighted by atomic mass is 10.4. The standard InChI is InChI=1S/C10H20N4O/c1-10-11-8-14(9-12-10)3-2-13-4-6-15-7-5-13/h2-9H2,1H3,(H,11,12). The largest absolute Gasteiger partial charge is 0.379 e. The van der Waals surface area contributed by atoms with E-state index in [0.717, 1.165) is 58.6 Å². The number of amidine groups is 1. The summed E-state index contributed by atoms with van der Waals surface area (Å²) in [5.41, 5.74) is 0. The van der Waals surface area contributed by atoms with Crippen molar-refractivity contribution in [1.82, 2.24) is 15.1 Å². The van der Waals surface area contributed by atoms with Crippen LogP contribution in [-0.4, -0.2) is 68.4 Å². The molecule has 0 spiro atoms. The fraction of sp³-hybridized carbons (Fsp3) is 0.900. The minimum Gasteiger partial charge on any atom is -0.379 e. The lowest BCUT2D eigenvalue weighted by Crippen LogP contribution is -2.46. The van der Waals surface area contributed by atoms with Crippen molar-refractivity contribution in [2.24, 2.45) is 4.99 Å². The van der Waals surface area contributed by atoms with Gasteiger partial charge in [0.2, 0.25) is 0 Å². The van der Waals surface area contributed by atoms with Crippen LogP contribution in [0.25, 0.3) is 0 Å². The summed E-state index contributed by atoms with van der Waals surface area (Å²) in [7, 11) is 0. The number of aliphatic imine (C=N–C) groups is 1. The number of nitrogens with zero attached hydrogens (tertiary/aromatic N) is 3. The highest BCUT2D eigenvalue weighted by molar-refractivity contribution is 5.79. The van der Waals surface area contributed by atoms with Crippen LogP contribution < -0.4 is 5.32 Å². The smallest absolute Gasteiger partial charge is 0.0957 e. The van der Waals surface area contributed by atoms with Crippen molar-refractivity contribution in [3.63, 3.8) is 0 Å². The Morgan fingerprint density at radius 2 is 2.00 bits per heavy atom. The highest BCUT2D eigenvalue weighted by atomic mass is 16.5. The van der Waals surface area contributed by atoms with Gasteiger partial charge in [0, 0.05) is 26.2 Å². The summed E-state index contributed by atoms with van der Waals surface area (Å²) in [5.74, 6) is 1.05. The van der Waals surface area contributed by atoms with Gasteiger partial charge >= 0.3 is 0 Å². The molecule has 0 radical (unpaired) electrons. The number of morpholine rings is 1. The number of rotatable bonds is 3. The van der Waals surface area contributed by atoms with Crippen LogP contribution in [0.5, 0.6) is 0 Å². The van der Waals surface area contributed by atoms with Gasteiger partial charge in [0.25, 0.3) is 0 Å². The number of hydrogen-bond acceptors (Lipinski definition) is 5. The number of nitrogens with one attached hydrogen (secondary N) is 1. The van der Waals surface area contributed by atoms with Crippen LogP contribution in [0.4, 0.5) is 0 Å². The lowest BCUT2D eigenvalue weighted by Gasteiger charge is -2.31. The molecular weight excluding hydrogens is 192 g/mol. The van der Waals surface area contributed by atoms with E-state index in [1.807, 2.05) is 6.92 Å². The van der Waals surface area contributed by atoms with Gasteiger partial charge in [-0.05, 0) is 6.92 Å². The third-order valence-electron chi connectivity index (χ3n) is 2.90. The fourth-order valence-electron chi connectivity index (χ4n) is 1.80. The van der Waals surface area contributed by atoms with Crippen molar-refractivity contribution in [1.29, 1.82) is 0 Å². The van der Waals surface area contributed by atoms with E-state index in [9.17, 15) is 0 Å². The molecule has 86 valence electrons. The Balaban J connectivity index is 1.65. The molecule has 1 saturated heterocycles. The zero-order chi connectivity index (χ0) is 10.5. The van der Waals surface area contributed by atoms with Gasteiger partial charge in [0.05, 0.1) is 32.4 Å². The van der Waals surface area contributed by atoms with Crippen LogP contribution in [0.2, 0.25) is 0 Å². The molecule has 2 aliphatic rings. The van der Waals surface area contributed by atoms with Crippen molar-refractivity contribution in [2.75, 3.05) is 52.7 Å². The zero-order valence-electron chi connectivity index (χ0n) is 9.41. The summed E-state index contributed by atoms with van der Waals surface area (Å²) in [6, 6.07) is 0. The Kier molecular flexibility index (Phi) is 3.94. The average molecular weight is 212 g/mol. The normalized spacial score (nSPS) is 24.7. The predicted molar refractivity (Wildman–Crippen MR) is 59.9 cm³/mol. The van der Waals surface area contributed by atoms with Crippen LogP contribution in [0.3, 0.4) is 0 Å². The second-order valence-corrected chi connectivity index (χ2v) is 4.07. The minimum atomic E-state index is 0.836. The van der Waals surface area contributed by atoms with Crippen LogP contribution in [-0.2, 0) is 4.74 Å². The Bertz CT molecular complexity index is 225. The van der Waals surface area contributed by atoms with E-state index in [-0.39, 0.29) is 0 Å². The van der Waals surface area contributed by atoms with Gasteiger partial charge in [-0.1, -0.05) is 0 Å². The van der Waals surface area contributed by atoms with Gasteiger partial charge in [0.15, 0.2) is 0 Å². The number of ether oxygens (including phenoxy) is 1. The maximum atomic E-state index is 5.32. The van der Waals surface area contributed by atoms with Crippen molar-refractivity contribution >= 4 is 5.84 Å². The SMILES string of the molecule is CC1=NCN(CCN2CCOCC2)CN1. The Hall–Kier alpha value is -0.650. The molecule has 0 saturated carbocycles. The second-order valence-electron chi connectivity index (χ2n) is 4.07. The molecule has 2 heterocycles. The van der Waals surface area contributed by atoms with Gasteiger partial charge in [-0.15, -0.1) is 0 Å². The van der Waals surface area contributed by atoms with Crippen LogP contribution in [0.15, 0.2) is 4.99 Å². The molecule has 0 unspecified atom stereocenters. The van der Waals surface area contributed by atoms with Crippen LogP contribution in [0.1, 0.15) is 6.92 Å². The maximum absolute atomic E-state index is 5.32. The first-order valence-electron chi connectivity index (χ1n) is 5.62. The monoisotopic (exact) mass is 212 g/mol. The summed E-state index contributed by atoms with van der Waals surface area (Å²) in [4.78, 5) is 9.14.